The van der Waals surface area contributed by atoms with Crippen LogP contribution in [0.2, 0.25) is 0 Å². The summed E-state index contributed by atoms with van der Waals surface area (Å²) in [7, 11) is 0. The van der Waals surface area contributed by atoms with E-state index in [2.05, 4.69) is 20.9 Å². The standard InChI is InChI=1S/C20H32N6O2/c1-20(2,3)28-19(27)26-12-10-25(11-13-26)18(21)23-15-16-6-7-22-17(14-16)24-8-4-5-9-24/h6-7,14H,4-5,8-13,15H2,1-3H3,(H2,21,23). The van der Waals surface area contributed by atoms with E-state index in [9.17, 15) is 4.79 Å². The fourth-order valence-corrected chi connectivity index (χ4v) is 3.39. The predicted octanol–water partition coefficient (Wildman–Crippen LogP) is 2.05. The van der Waals surface area contributed by atoms with Gasteiger partial charge in [0.1, 0.15) is 11.4 Å². The maximum absolute atomic E-state index is 12.2. The zero-order valence-electron chi connectivity index (χ0n) is 17.2. The molecule has 0 bridgehead atoms. The van der Waals surface area contributed by atoms with Crippen LogP contribution in [0.4, 0.5) is 10.6 Å². The summed E-state index contributed by atoms with van der Waals surface area (Å²) in [6, 6.07) is 4.08. The fraction of sp³-hybridized carbons (Fsp3) is 0.650. The van der Waals surface area contributed by atoms with Crippen molar-refractivity contribution in [1.29, 1.82) is 0 Å². The SMILES string of the molecule is CC(C)(C)OC(=O)N1CCN(C(N)=NCc2ccnc(N3CCCC3)c2)CC1. The van der Waals surface area contributed by atoms with Gasteiger partial charge in [0.2, 0.25) is 0 Å². The van der Waals surface area contributed by atoms with E-state index in [0.717, 1.165) is 24.5 Å². The van der Waals surface area contributed by atoms with E-state index in [1.54, 1.807) is 4.90 Å². The first kappa shape index (κ1) is 20.2. The third kappa shape index (κ3) is 5.50. The van der Waals surface area contributed by atoms with Gasteiger partial charge in [0, 0.05) is 45.5 Å². The monoisotopic (exact) mass is 388 g/mol. The Morgan fingerprint density at radius 2 is 1.79 bits per heavy atom. The topological polar surface area (TPSA) is 87.3 Å². The molecule has 154 valence electrons. The lowest BCUT2D eigenvalue weighted by molar-refractivity contribution is 0.0186. The number of aliphatic imine (C=N–C) groups is 1. The minimum Gasteiger partial charge on any atom is -0.444 e. The molecule has 0 unspecified atom stereocenters. The van der Waals surface area contributed by atoms with Crippen molar-refractivity contribution in [3.63, 3.8) is 0 Å². The van der Waals surface area contributed by atoms with Gasteiger partial charge in [0.25, 0.3) is 0 Å². The number of piperazine rings is 1. The lowest BCUT2D eigenvalue weighted by Crippen LogP contribution is -2.53. The Bertz CT molecular complexity index is 701. The average Bonchev–Trinajstić information content (AvgIpc) is 3.20. The first-order valence-corrected chi connectivity index (χ1v) is 10.0. The Hall–Kier alpha value is -2.51. The van der Waals surface area contributed by atoms with Crippen LogP contribution in [-0.2, 0) is 11.3 Å². The molecular weight excluding hydrogens is 356 g/mol. The van der Waals surface area contributed by atoms with Crippen LogP contribution in [0.1, 0.15) is 39.2 Å². The number of hydrogen-bond donors (Lipinski definition) is 1. The summed E-state index contributed by atoms with van der Waals surface area (Å²) in [6.07, 6.45) is 4.03. The molecule has 1 amide bonds. The molecule has 1 aromatic rings. The second kappa shape index (κ2) is 8.67. The van der Waals surface area contributed by atoms with Crippen molar-refractivity contribution < 1.29 is 9.53 Å². The highest BCUT2D eigenvalue weighted by atomic mass is 16.6. The Morgan fingerprint density at radius 3 is 2.43 bits per heavy atom. The number of rotatable bonds is 3. The van der Waals surface area contributed by atoms with Gasteiger partial charge in [-0.15, -0.1) is 0 Å². The van der Waals surface area contributed by atoms with Gasteiger partial charge in [-0.25, -0.2) is 14.8 Å². The van der Waals surface area contributed by atoms with Gasteiger partial charge in [-0.1, -0.05) is 0 Å². The second-order valence-electron chi connectivity index (χ2n) is 8.35. The van der Waals surface area contributed by atoms with Crippen LogP contribution in [0.5, 0.6) is 0 Å². The molecule has 2 N–H and O–H groups in total. The van der Waals surface area contributed by atoms with E-state index in [1.807, 2.05) is 37.9 Å². The van der Waals surface area contributed by atoms with Crippen molar-refractivity contribution in [2.75, 3.05) is 44.2 Å². The highest BCUT2D eigenvalue weighted by Crippen LogP contribution is 2.19. The van der Waals surface area contributed by atoms with Crippen molar-refractivity contribution >= 4 is 17.9 Å². The lowest BCUT2D eigenvalue weighted by Gasteiger charge is -2.36. The molecular formula is C20H32N6O2. The average molecular weight is 389 g/mol. The van der Waals surface area contributed by atoms with Crippen LogP contribution in [-0.4, -0.2) is 71.7 Å². The lowest BCUT2D eigenvalue weighted by atomic mass is 10.2. The first-order valence-electron chi connectivity index (χ1n) is 10.0. The molecule has 8 nitrogen and oxygen atoms in total. The van der Waals surface area contributed by atoms with E-state index < -0.39 is 5.60 Å². The van der Waals surface area contributed by atoms with Gasteiger partial charge in [-0.3, -0.25) is 0 Å². The van der Waals surface area contributed by atoms with Crippen LogP contribution < -0.4 is 10.6 Å². The van der Waals surface area contributed by atoms with Crippen molar-refractivity contribution in [2.24, 2.45) is 10.7 Å². The van der Waals surface area contributed by atoms with E-state index >= 15 is 0 Å². The number of anilines is 1. The Balaban J connectivity index is 1.51. The normalized spacial score (nSPS) is 18.5. The zero-order chi connectivity index (χ0) is 20.1. The summed E-state index contributed by atoms with van der Waals surface area (Å²) in [6.45, 7) is 10.8. The number of carbonyl (C=O) groups excluding carboxylic acids is 1. The van der Waals surface area contributed by atoms with Crippen LogP contribution >= 0.6 is 0 Å². The molecule has 0 aliphatic carbocycles. The zero-order valence-corrected chi connectivity index (χ0v) is 17.2. The highest BCUT2D eigenvalue weighted by molar-refractivity contribution is 5.78. The molecule has 0 aromatic carbocycles. The van der Waals surface area contributed by atoms with Gasteiger partial charge in [-0.05, 0) is 51.3 Å². The summed E-state index contributed by atoms with van der Waals surface area (Å²) in [5.74, 6) is 1.54. The molecule has 8 heteroatoms. The Labute approximate surface area is 167 Å². The molecule has 3 rings (SSSR count). The molecule has 2 aliphatic heterocycles. The van der Waals surface area contributed by atoms with E-state index in [4.69, 9.17) is 10.5 Å². The van der Waals surface area contributed by atoms with Gasteiger partial charge in [0.15, 0.2) is 5.96 Å². The number of nitrogens with zero attached hydrogens (tertiary/aromatic N) is 5. The van der Waals surface area contributed by atoms with Crippen molar-refractivity contribution in [2.45, 2.75) is 45.8 Å². The van der Waals surface area contributed by atoms with Crippen molar-refractivity contribution in [3.05, 3.63) is 23.9 Å². The molecule has 0 radical (unpaired) electrons. The van der Waals surface area contributed by atoms with Crippen molar-refractivity contribution in [1.82, 2.24) is 14.8 Å². The molecule has 0 saturated carbocycles. The number of nitrogens with two attached hydrogens (primary N) is 1. The molecule has 2 fully saturated rings. The first-order chi connectivity index (χ1) is 13.3. The summed E-state index contributed by atoms with van der Waals surface area (Å²) < 4.78 is 5.43. The molecule has 28 heavy (non-hydrogen) atoms. The van der Waals surface area contributed by atoms with E-state index in [-0.39, 0.29) is 6.09 Å². The van der Waals surface area contributed by atoms with Crippen LogP contribution in [0.15, 0.2) is 23.3 Å². The molecule has 0 atom stereocenters. The smallest absolute Gasteiger partial charge is 0.410 e. The van der Waals surface area contributed by atoms with E-state index in [0.29, 0.717) is 38.7 Å². The number of pyridine rings is 1. The molecule has 0 spiro atoms. The van der Waals surface area contributed by atoms with Crippen molar-refractivity contribution in [3.8, 4) is 0 Å². The molecule has 2 aliphatic rings. The Morgan fingerprint density at radius 1 is 1.14 bits per heavy atom. The third-order valence-electron chi connectivity index (χ3n) is 4.92. The molecule has 3 heterocycles. The minimum atomic E-state index is -0.479. The van der Waals surface area contributed by atoms with E-state index in [1.165, 1.54) is 12.8 Å². The fourth-order valence-electron chi connectivity index (χ4n) is 3.39. The third-order valence-corrected chi connectivity index (χ3v) is 4.92. The summed E-state index contributed by atoms with van der Waals surface area (Å²) in [5.41, 5.74) is 6.82. The maximum atomic E-state index is 12.2. The summed E-state index contributed by atoms with van der Waals surface area (Å²) >= 11 is 0. The van der Waals surface area contributed by atoms with Gasteiger partial charge in [0.05, 0.1) is 6.54 Å². The van der Waals surface area contributed by atoms with Gasteiger partial charge in [-0.2, -0.15) is 0 Å². The number of carbonyl (C=O) groups is 1. The molecule has 2 saturated heterocycles. The van der Waals surface area contributed by atoms with Crippen LogP contribution in [0, 0.1) is 0 Å². The number of ether oxygens (including phenoxy) is 1. The molecule has 1 aromatic heterocycles. The second-order valence-corrected chi connectivity index (χ2v) is 8.35. The van der Waals surface area contributed by atoms with Gasteiger partial charge >= 0.3 is 6.09 Å². The number of hydrogen-bond acceptors (Lipinski definition) is 5. The largest absolute Gasteiger partial charge is 0.444 e. The number of aromatic nitrogens is 1. The number of amides is 1. The summed E-state index contributed by atoms with van der Waals surface area (Å²) in [5, 5.41) is 0. The Kier molecular flexibility index (Phi) is 6.26. The summed E-state index contributed by atoms with van der Waals surface area (Å²) in [4.78, 5) is 27.2. The van der Waals surface area contributed by atoms with Gasteiger partial charge < -0.3 is 25.2 Å². The maximum Gasteiger partial charge on any atom is 0.410 e. The van der Waals surface area contributed by atoms with Crippen LogP contribution in [0.25, 0.3) is 0 Å². The van der Waals surface area contributed by atoms with Crippen LogP contribution in [0.3, 0.4) is 0 Å². The highest BCUT2D eigenvalue weighted by Gasteiger charge is 2.26. The predicted molar refractivity (Wildman–Crippen MR) is 110 cm³/mol. The quantitative estimate of drug-likeness (QED) is 0.630. The number of guanidine groups is 1. The minimum absolute atomic E-state index is 0.270.